The van der Waals surface area contributed by atoms with Crippen LogP contribution in [-0.2, 0) is 6.42 Å². The highest BCUT2D eigenvalue weighted by Crippen LogP contribution is 2.36. The van der Waals surface area contributed by atoms with Gasteiger partial charge in [0.15, 0.2) is 28.9 Å². The highest BCUT2D eigenvalue weighted by atomic mass is 31.0. The van der Waals surface area contributed by atoms with Crippen LogP contribution in [0.2, 0.25) is 0 Å². The van der Waals surface area contributed by atoms with E-state index in [9.17, 15) is 0 Å². The van der Waals surface area contributed by atoms with Gasteiger partial charge in [0.1, 0.15) is 0 Å². The first-order valence-corrected chi connectivity index (χ1v) is 10.2. The SMILES string of the molecule is COc1ccc(CC(=P)C(C)(C)C)cc1Oc1c(C)nc(-c2ncccn2)nc1C. The van der Waals surface area contributed by atoms with E-state index < -0.39 is 0 Å². The van der Waals surface area contributed by atoms with Gasteiger partial charge in [-0.3, -0.25) is 0 Å². The van der Waals surface area contributed by atoms with Crippen molar-refractivity contribution < 1.29 is 9.47 Å². The summed E-state index contributed by atoms with van der Waals surface area (Å²) in [4.78, 5) is 17.5. The Balaban J connectivity index is 1.93. The van der Waals surface area contributed by atoms with Crippen LogP contribution in [0.3, 0.4) is 0 Å². The van der Waals surface area contributed by atoms with Crippen molar-refractivity contribution in [2.45, 2.75) is 41.0 Å². The molecule has 3 rings (SSSR count). The molecular formula is C23H27N4O2P. The fraction of sp³-hybridized carbons (Fsp3) is 0.348. The van der Waals surface area contributed by atoms with Gasteiger partial charge in [-0.2, -0.15) is 0 Å². The van der Waals surface area contributed by atoms with E-state index in [2.05, 4.69) is 49.6 Å². The third kappa shape index (κ3) is 5.00. The van der Waals surface area contributed by atoms with Gasteiger partial charge in [0.05, 0.1) is 18.5 Å². The van der Waals surface area contributed by atoms with E-state index >= 15 is 0 Å². The van der Waals surface area contributed by atoms with Crippen molar-refractivity contribution in [3.05, 3.63) is 53.6 Å². The van der Waals surface area contributed by atoms with Gasteiger partial charge in [-0.15, -0.1) is 8.86 Å². The first kappa shape index (κ1) is 21.8. The Morgan fingerprint density at radius 2 is 1.60 bits per heavy atom. The molecule has 30 heavy (non-hydrogen) atoms. The molecule has 6 nitrogen and oxygen atoms in total. The fourth-order valence-electron chi connectivity index (χ4n) is 2.86. The number of rotatable bonds is 6. The number of aromatic nitrogens is 4. The minimum Gasteiger partial charge on any atom is -0.493 e. The molecule has 0 fully saturated rings. The predicted octanol–water partition coefficient (Wildman–Crippen LogP) is 5.26. The summed E-state index contributed by atoms with van der Waals surface area (Å²) in [6.45, 7) is 10.3. The molecule has 3 aromatic rings. The average molecular weight is 422 g/mol. The summed E-state index contributed by atoms with van der Waals surface area (Å²) in [6, 6.07) is 7.72. The lowest BCUT2D eigenvalue weighted by Gasteiger charge is -2.21. The number of ether oxygens (including phenoxy) is 2. The van der Waals surface area contributed by atoms with Crippen molar-refractivity contribution in [2.24, 2.45) is 5.41 Å². The number of nitrogens with zero attached hydrogens (tertiary/aromatic N) is 4. The Morgan fingerprint density at radius 3 is 2.17 bits per heavy atom. The van der Waals surface area contributed by atoms with Crippen molar-refractivity contribution in [1.29, 1.82) is 0 Å². The lowest BCUT2D eigenvalue weighted by Crippen LogP contribution is -2.19. The highest BCUT2D eigenvalue weighted by molar-refractivity contribution is 7.21. The van der Waals surface area contributed by atoms with Crippen LogP contribution < -0.4 is 9.47 Å². The van der Waals surface area contributed by atoms with Crippen LogP contribution in [-0.4, -0.2) is 32.3 Å². The molecule has 0 aliphatic carbocycles. The van der Waals surface area contributed by atoms with E-state index in [1.54, 1.807) is 25.6 Å². The number of methoxy groups -OCH3 is 1. The Kier molecular flexibility index (Phi) is 6.47. The smallest absolute Gasteiger partial charge is 0.198 e. The van der Waals surface area contributed by atoms with Crippen LogP contribution in [0.4, 0.5) is 0 Å². The monoisotopic (exact) mass is 422 g/mol. The van der Waals surface area contributed by atoms with Crippen molar-refractivity contribution in [2.75, 3.05) is 7.11 Å². The molecule has 7 heteroatoms. The predicted molar refractivity (Wildman–Crippen MR) is 122 cm³/mol. The number of aryl methyl sites for hydroxylation is 2. The topological polar surface area (TPSA) is 70.0 Å². The first-order chi connectivity index (χ1) is 14.2. The maximum absolute atomic E-state index is 6.24. The van der Waals surface area contributed by atoms with Crippen LogP contribution in [0.15, 0.2) is 36.7 Å². The van der Waals surface area contributed by atoms with E-state index in [0.717, 1.165) is 12.0 Å². The summed E-state index contributed by atoms with van der Waals surface area (Å²) in [5, 5.41) is 1.21. The molecule has 0 N–H and O–H groups in total. The molecule has 0 aliphatic heterocycles. The minimum atomic E-state index is 0.0637. The van der Waals surface area contributed by atoms with Crippen LogP contribution in [0.25, 0.3) is 11.6 Å². The standard InChI is InChI=1S/C23H27N4O2P/c1-14-20(15(2)27-22(26-14)21-24-10-7-11-25-21)29-18-12-16(8-9-17(18)28-6)13-19(30)23(3,4)5/h7-12,30H,13H2,1-6H3. The third-order valence-electron chi connectivity index (χ3n) is 4.70. The Morgan fingerprint density at radius 1 is 0.967 bits per heavy atom. The molecule has 0 unspecified atom stereocenters. The maximum atomic E-state index is 6.24. The molecule has 2 aromatic heterocycles. The zero-order chi connectivity index (χ0) is 21.9. The van der Waals surface area contributed by atoms with Gasteiger partial charge in [-0.25, -0.2) is 19.9 Å². The van der Waals surface area contributed by atoms with Crippen molar-refractivity contribution in [3.63, 3.8) is 0 Å². The van der Waals surface area contributed by atoms with E-state index in [-0.39, 0.29) is 5.41 Å². The summed E-state index contributed by atoms with van der Waals surface area (Å²) in [7, 11) is 5.41. The second-order valence-electron chi connectivity index (χ2n) is 8.11. The van der Waals surface area contributed by atoms with E-state index in [4.69, 9.17) is 9.47 Å². The summed E-state index contributed by atoms with van der Waals surface area (Å²) < 4.78 is 11.8. The van der Waals surface area contributed by atoms with Crippen LogP contribution in [0, 0.1) is 19.3 Å². The molecule has 0 radical (unpaired) electrons. The second-order valence-corrected chi connectivity index (χ2v) is 8.72. The lowest BCUT2D eigenvalue weighted by atomic mass is 9.88. The first-order valence-electron chi connectivity index (χ1n) is 9.74. The largest absolute Gasteiger partial charge is 0.493 e. The van der Waals surface area contributed by atoms with Crippen LogP contribution >= 0.6 is 8.86 Å². The van der Waals surface area contributed by atoms with Crippen LogP contribution in [0.1, 0.15) is 37.7 Å². The number of hydrogen-bond acceptors (Lipinski definition) is 6. The molecule has 0 spiro atoms. The van der Waals surface area contributed by atoms with Gasteiger partial charge in [0, 0.05) is 12.4 Å². The van der Waals surface area contributed by atoms with Crippen molar-refractivity contribution in [3.8, 4) is 28.9 Å². The molecule has 0 aliphatic rings. The summed E-state index contributed by atoms with van der Waals surface area (Å²) in [5.74, 6) is 2.84. The number of hydrogen-bond donors (Lipinski definition) is 0. The normalized spacial score (nSPS) is 11.3. The van der Waals surface area contributed by atoms with Crippen molar-refractivity contribution >= 4 is 14.2 Å². The highest BCUT2D eigenvalue weighted by Gasteiger charge is 2.18. The third-order valence-corrected chi connectivity index (χ3v) is 5.62. The molecule has 0 atom stereocenters. The van der Waals surface area contributed by atoms with E-state index in [0.29, 0.717) is 40.3 Å². The quantitative estimate of drug-likeness (QED) is 0.505. The summed E-state index contributed by atoms with van der Waals surface area (Å²) in [5.41, 5.74) is 2.60. The Hall–Kier alpha value is -2.85. The Labute approximate surface area is 180 Å². The van der Waals surface area contributed by atoms with Gasteiger partial charge < -0.3 is 9.47 Å². The summed E-state index contributed by atoms with van der Waals surface area (Å²) >= 11 is 0. The average Bonchev–Trinajstić information content (AvgIpc) is 2.70. The van der Waals surface area contributed by atoms with E-state index in [1.807, 2.05) is 32.0 Å². The van der Waals surface area contributed by atoms with Crippen LogP contribution in [0.5, 0.6) is 17.2 Å². The lowest BCUT2D eigenvalue weighted by molar-refractivity contribution is 0.375. The maximum Gasteiger partial charge on any atom is 0.198 e. The zero-order valence-electron chi connectivity index (χ0n) is 18.3. The molecule has 0 saturated heterocycles. The Bertz CT molecular complexity index is 1040. The van der Waals surface area contributed by atoms with Gasteiger partial charge in [0.2, 0.25) is 0 Å². The van der Waals surface area contributed by atoms with E-state index in [1.165, 1.54) is 5.29 Å². The molecule has 1 aromatic carbocycles. The fourth-order valence-corrected chi connectivity index (χ4v) is 3.06. The minimum absolute atomic E-state index is 0.0637. The molecule has 2 heterocycles. The van der Waals surface area contributed by atoms with Gasteiger partial charge >= 0.3 is 0 Å². The molecule has 0 bridgehead atoms. The van der Waals surface area contributed by atoms with Gasteiger partial charge in [0.25, 0.3) is 0 Å². The zero-order valence-corrected chi connectivity index (χ0v) is 19.3. The molecule has 0 saturated carbocycles. The van der Waals surface area contributed by atoms with Gasteiger partial charge in [-0.1, -0.05) is 26.8 Å². The summed E-state index contributed by atoms with van der Waals surface area (Å²) in [6.07, 6.45) is 4.13. The van der Waals surface area contributed by atoms with Gasteiger partial charge in [-0.05, 0) is 54.7 Å². The second kappa shape index (κ2) is 8.88. The molecule has 0 amide bonds. The molecular weight excluding hydrogens is 395 g/mol. The number of benzene rings is 1. The van der Waals surface area contributed by atoms with Crippen molar-refractivity contribution in [1.82, 2.24) is 19.9 Å². The molecule has 156 valence electrons.